The first-order valence-corrected chi connectivity index (χ1v) is 11.7. The second kappa shape index (κ2) is 8.37. The van der Waals surface area contributed by atoms with Crippen molar-refractivity contribution in [3.63, 3.8) is 0 Å². The third-order valence-electron chi connectivity index (χ3n) is 5.80. The summed E-state index contributed by atoms with van der Waals surface area (Å²) in [5.41, 5.74) is 4.00. The summed E-state index contributed by atoms with van der Waals surface area (Å²) >= 11 is 1.48. The van der Waals surface area contributed by atoms with Crippen LogP contribution < -0.4 is 20.7 Å². The lowest BCUT2D eigenvalue weighted by Gasteiger charge is -2.10. The number of ether oxygens (including phenoxy) is 1. The molecule has 4 aromatic rings. The van der Waals surface area contributed by atoms with Gasteiger partial charge in [0.25, 0.3) is 11.8 Å². The first kappa shape index (κ1) is 21.1. The van der Waals surface area contributed by atoms with Crippen LogP contribution in [0.2, 0.25) is 0 Å². The summed E-state index contributed by atoms with van der Waals surface area (Å²) in [6.45, 7) is 0.312. The van der Waals surface area contributed by atoms with Gasteiger partial charge in [-0.05, 0) is 54.1 Å². The van der Waals surface area contributed by atoms with Gasteiger partial charge in [-0.3, -0.25) is 14.4 Å². The SMILES string of the molecule is O=C1Cc2cc(-c3ncc(CNC(=O)c4ccc5c(c4)NC(=O)c4ccccc4O5)s3)ccc2N1. The predicted octanol–water partition coefficient (Wildman–Crippen LogP) is 4.59. The zero-order valence-electron chi connectivity index (χ0n) is 18.3. The first-order chi connectivity index (χ1) is 17.0. The van der Waals surface area contributed by atoms with Crippen LogP contribution in [0, 0.1) is 0 Å². The Morgan fingerprint density at radius 1 is 1.00 bits per heavy atom. The third-order valence-corrected chi connectivity index (χ3v) is 6.84. The average molecular weight is 483 g/mol. The summed E-state index contributed by atoms with van der Waals surface area (Å²) in [5, 5.41) is 9.36. The van der Waals surface area contributed by atoms with Crippen LogP contribution in [0.25, 0.3) is 10.6 Å². The van der Waals surface area contributed by atoms with Crippen molar-refractivity contribution < 1.29 is 19.1 Å². The van der Waals surface area contributed by atoms with Crippen LogP contribution in [0.5, 0.6) is 11.5 Å². The molecule has 0 atom stereocenters. The quantitative estimate of drug-likeness (QED) is 0.394. The Balaban J connectivity index is 1.14. The number of aromatic nitrogens is 1. The highest BCUT2D eigenvalue weighted by Gasteiger charge is 2.22. The minimum atomic E-state index is -0.291. The van der Waals surface area contributed by atoms with E-state index in [0.717, 1.165) is 26.7 Å². The number of carbonyl (C=O) groups is 3. The molecule has 0 radical (unpaired) electrons. The molecular formula is C26H18N4O4S. The first-order valence-electron chi connectivity index (χ1n) is 10.9. The van der Waals surface area contributed by atoms with Crippen molar-refractivity contribution in [1.82, 2.24) is 10.3 Å². The molecule has 0 fully saturated rings. The molecule has 9 heteroatoms. The van der Waals surface area contributed by atoms with Gasteiger partial charge in [-0.2, -0.15) is 0 Å². The standard InChI is InChI=1S/C26H18N4O4S/c31-23-11-16-9-15(5-7-19(16)29-23)26-28-13-17(35-26)12-27-24(32)14-6-8-22-20(10-14)30-25(33)18-3-1-2-4-21(18)34-22/h1-10,13H,11-12H2,(H,27,32)(H,29,31)(H,30,33). The number of amides is 3. The number of thiazole rings is 1. The van der Waals surface area contributed by atoms with Crippen molar-refractivity contribution in [2.75, 3.05) is 10.6 Å². The second-order valence-electron chi connectivity index (χ2n) is 8.17. The Labute approximate surface area is 204 Å². The van der Waals surface area contributed by atoms with E-state index >= 15 is 0 Å². The van der Waals surface area contributed by atoms with Crippen LogP contribution >= 0.6 is 11.3 Å². The summed E-state index contributed by atoms with van der Waals surface area (Å²) in [5.74, 6) is 0.362. The van der Waals surface area contributed by atoms with Gasteiger partial charge in [0.15, 0.2) is 5.75 Å². The van der Waals surface area contributed by atoms with Gasteiger partial charge in [-0.15, -0.1) is 11.3 Å². The molecule has 35 heavy (non-hydrogen) atoms. The lowest BCUT2D eigenvalue weighted by atomic mass is 10.1. The molecule has 0 saturated carbocycles. The van der Waals surface area contributed by atoms with E-state index in [-0.39, 0.29) is 17.7 Å². The number of rotatable bonds is 4. The molecule has 172 valence electrons. The molecule has 0 bridgehead atoms. The molecule has 0 aliphatic carbocycles. The van der Waals surface area contributed by atoms with Crippen LogP contribution in [0.3, 0.4) is 0 Å². The van der Waals surface area contributed by atoms with E-state index in [2.05, 4.69) is 20.9 Å². The van der Waals surface area contributed by atoms with Gasteiger partial charge in [0.05, 0.1) is 24.2 Å². The highest BCUT2D eigenvalue weighted by atomic mass is 32.1. The van der Waals surface area contributed by atoms with E-state index in [1.165, 1.54) is 11.3 Å². The number of para-hydroxylation sites is 1. The number of hydrogen-bond acceptors (Lipinski definition) is 6. The van der Waals surface area contributed by atoms with Gasteiger partial charge >= 0.3 is 0 Å². The van der Waals surface area contributed by atoms with Crippen molar-refractivity contribution in [2.45, 2.75) is 13.0 Å². The molecule has 0 saturated heterocycles. The van der Waals surface area contributed by atoms with E-state index in [4.69, 9.17) is 4.74 Å². The number of anilines is 2. The molecule has 3 amide bonds. The number of hydrogen-bond donors (Lipinski definition) is 3. The molecule has 2 aliphatic heterocycles. The largest absolute Gasteiger partial charge is 0.454 e. The number of fused-ring (bicyclic) bond motifs is 3. The lowest BCUT2D eigenvalue weighted by Crippen LogP contribution is -2.22. The maximum Gasteiger partial charge on any atom is 0.259 e. The van der Waals surface area contributed by atoms with Crippen molar-refractivity contribution in [1.29, 1.82) is 0 Å². The van der Waals surface area contributed by atoms with Gasteiger partial charge in [0, 0.05) is 27.9 Å². The summed E-state index contributed by atoms with van der Waals surface area (Å²) in [6.07, 6.45) is 2.11. The third kappa shape index (κ3) is 4.02. The van der Waals surface area contributed by atoms with E-state index in [0.29, 0.717) is 41.3 Å². The fraction of sp³-hybridized carbons (Fsp3) is 0.0769. The number of benzene rings is 3. The summed E-state index contributed by atoms with van der Waals surface area (Å²) in [6, 6.07) is 17.7. The van der Waals surface area contributed by atoms with Gasteiger partial charge < -0.3 is 20.7 Å². The van der Waals surface area contributed by atoms with Crippen LogP contribution in [0.1, 0.15) is 31.2 Å². The minimum Gasteiger partial charge on any atom is -0.454 e. The van der Waals surface area contributed by atoms with Crippen LogP contribution in [-0.4, -0.2) is 22.7 Å². The van der Waals surface area contributed by atoms with E-state index in [1.54, 1.807) is 48.7 Å². The highest BCUT2D eigenvalue weighted by Crippen LogP contribution is 2.36. The fourth-order valence-electron chi connectivity index (χ4n) is 4.06. The summed E-state index contributed by atoms with van der Waals surface area (Å²) < 4.78 is 5.87. The van der Waals surface area contributed by atoms with Gasteiger partial charge in [0.2, 0.25) is 5.91 Å². The molecule has 0 spiro atoms. The zero-order chi connectivity index (χ0) is 23.9. The number of carbonyl (C=O) groups excluding carboxylic acids is 3. The molecule has 2 aliphatic rings. The smallest absolute Gasteiger partial charge is 0.259 e. The second-order valence-corrected chi connectivity index (χ2v) is 9.29. The average Bonchev–Trinajstić information content (AvgIpc) is 3.45. The monoisotopic (exact) mass is 482 g/mol. The molecule has 1 aromatic heterocycles. The van der Waals surface area contributed by atoms with E-state index < -0.39 is 0 Å². The van der Waals surface area contributed by atoms with Gasteiger partial charge in [0.1, 0.15) is 10.8 Å². The summed E-state index contributed by atoms with van der Waals surface area (Å²) in [4.78, 5) is 42.3. The maximum atomic E-state index is 12.8. The maximum absolute atomic E-state index is 12.8. The Bertz CT molecular complexity index is 1530. The zero-order valence-corrected chi connectivity index (χ0v) is 19.1. The van der Waals surface area contributed by atoms with Crippen molar-refractivity contribution >= 4 is 40.4 Å². The van der Waals surface area contributed by atoms with E-state index in [1.807, 2.05) is 18.2 Å². The number of nitrogens with one attached hydrogen (secondary N) is 3. The molecule has 3 aromatic carbocycles. The predicted molar refractivity (Wildman–Crippen MR) is 132 cm³/mol. The topological polar surface area (TPSA) is 109 Å². The highest BCUT2D eigenvalue weighted by molar-refractivity contribution is 7.15. The lowest BCUT2D eigenvalue weighted by molar-refractivity contribution is -0.115. The Morgan fingerprint density at radius 3 is 2.80 bits per heavy atom. The van der Waals surface area contributed by atoms with Crippen LogP contribution in [0.4, 0.5) is 11.4 Å². The fourth-order valence-corrected chi connectivity index (χ4v) is 4.91. The molecule has 6 rings (SSSR count). The molecule has 8 nitrogen and oxygen atoms in total. The van der Waals surface area contributed by atoms with Crippen LogP contribution in [-0.2, 0) is 17.8 Å². The summed E-state index contributed by atoms with van der Waals surface area (Å²) in [7, 11) is 0. The van der Waals surface area contributed by atoms with Gasteiger partial charge in [-0.25, -0.2) is 4.98 Å². The number of nitrogens with zero attached hydrogens (tertiary/aromatic N) is 1. The van der Waals surface area contributed by atoms with Crippen molar-refractivity contribution in [3.05, 3.63) is 88.4 Å². The molecular weight excluding hydrogens is 464 g/mol. The minimum absolute atomic E-state index is 0.00634. The molecule has 3 N–H and O–H groups in total. The van der Waals surface area contributed by atoms with Crippen molar-refractivity contribution in [3.8, 4) is 22.1 Å². The van der Waals surface area contributed by atoms with Gasteiger partial charge in [-0.1, -0.05) is 12.1 Å². The Kier molecular flexibility index (Phi) is 5.04. The van der Waals surface area contributed by atoms with E-state index in [9.17, 15) is 14.4 Å². The Morgan fingerprint density at radius 2 is 1.89 bits per heavy atom. The van der Waals surface area contributed by atoms with Crippen LogP contribution in [0.15, 0.2) is 66.9 Å². The molecule has 0 unspecified atom stereocenters. The Hall–Kier alpha value is -4.50. The molecule has 3 heterocycles. The normalized spacial score (nSPS) is 13.5. The van der Waals surface area contributed by atoms with Crippen molar-refractivity contribution in [2.24, 2.45) is 0 Å².